The molecular weight excluding hydrogens is 294 g/mol. The largest absolute Gasteiger partial charge is 0.452 e. The van der Waals surface area contributed by atoms with Crippen molar-refractivity contribution in [3.63, 3.8) is 0 Å². The number of amides is 1. The zero-order valence-corrected chi connectivity index (χ0v) is 13.0. The molecule has 0 spiro atoms. The smallest absolute Gasteiger partial charge is 0.338 e. The molecule has 0 aliphatic rings. The predicted molar refractivity (Wildman–Crippen MR) is 86.6 cm³/mol. The van der Waals surface area contributed by atoms with E-state index in [9.17, 15) is 14.4 Å². The number of carbonyl (C=O) groups is 3. The fourth-order valence-electron chi connectivity index (χ4n) is 1.97. The lowest BCUT2D eigenvalue weighted by molar-refractivity contribution is -0.121. The molecule has 1 amide bonds. The van der Waals surface area contributed by atoms with Gasteiger partial charge in [-0.3, -0.25) is 9.59 Å². The second-order valence-electron chi connectivity index (χ2n) is 5.00. The van der Waals surface area contributed by atoms with Crippen molar-refractivity contribution >= 4 is 23.3 Å². The lowest BCUT2D eigenvalue weighted by Gasteiger charge is -2.17. The minimum atomic E-state index is -0.636. The lowest BCUT2D eigenvalue weighted by atomic mass is 10.1. The quantitative estimate of drug-likeness (QED) is 0.629. The Morgan fingerprint density at radius 1 is 0.957 bits per heavy atom. The number of hydrogen-bond acceptors (Lipinski definition) is 4. The number of Topliss-reactive ketones (excluding diaryl/α,β-unsaturated/α-hetero) is 1. The van der Waals surface area contributed by atoms with Crippen LogP contribution < -0.4 is 4.90 Å². The molecule has 118 valence electrons. The molecule has 0 heterocycles. The predicted octanol–water partition coefficient (Wildman–Crippen LogP) is 2.71. The number of esters is 1. The normalized spacial score (nSPS) is 10.0. The van der Waals surface area contributed by atoms with E-state index >= 15 is 0 Å². The zero-order chi connectivity index (χ0) is 16.8. The first-order chi connectivity index (χ1) is 11.0. The van der Waals surface area contributed by atoms with Gasteiger partial charge in [0.05, 0.1) is 5.56 Å². The first-order valence-electron chi connectivity index (χ1n) is 7.09. The minimum absolute atomic E-state index is 0.139. The Hall–Kier alpha value is -2.95. The maximum atomic E-state index is 12.0. The van der Waals surface area contributed by atoms with Gasteiger partial charge in [0.15, 0.2) is 12.4 Å². The number of rotatable bonds is 5. The molecule has 2 aromatic carbocycles. The molecule has 0 atom stereocenters. The molecule has 23 heavy (non-hydrogen) atoms. The van der Waals surface area contributed by atoms with Gasteiger partial charge in [0.2, 0.25) is 0 Å². The molecule has 5 heteroatoms. The molecule has 0 fully saturated rings. The van der Waals surface area contributed by atoms with Crippen LogP contribution in [0.3, 0.4) is 0 Å². The van der Waals surface area contributed by atoms with E-state index < -0.39 is 5.97 Å². The van der Waals surface area contributed by atoms with Crippen molar-refractivity contribution in [2.45, 2.75) is 6.92 Å². The monoisotopic (exact) mass is 311 g/mol. The Morgan fingerprint density at radius 2 is 1.61 bits per heavy atom. The summed E-state index contributed by atoms with van der Waals surface area (Å²) in [5, 5.41) is 0. The van der Waals surface area contributed by atoms with Gasteiger partial charge in [-0.2, -0.15) is 0 Å². The standard InChI is InChI=1S/C18H17NO4/c1-13(20)14-7-6-8-15(11-14)18(22)23-12-17(21)19(2)16-9-4-3-5-10-16/h3-11H,12H2,1-2H3. The van der Waals surface area contributed by atoms with Crippen LogP contribution in [0.15, 0.2) is 54.6 Å². The number of nitrogens with zero attached hydrogens (tertiary/aromatic N) is 1. The topological polar surface area (TPSA) is 63.7 Å². The van der Waals surface area contributed by atoms with E-state index in [1.807, 2.05) is 18.2 Å². The summed E-state index contributed by atoms with van der Waals surface area (Å²) < 4.78 is 5.03. The molecule has 0 unspecified atom stereocenters. The molecule has 0 aliphatic heterocycles. The molecule has 0 N–H and O–H groups in total. The van der Waals surface area contributed by atoms with Crippen molar-refractivity contribution in [2.75, 3.05) is 18.6 Å². The highest BCUT2D eigenvalue weighted by Gasteiger charge is 2.15. The summed E-state index contributed by atoms with van der Waals surface area (Å²) in [6.07, 6.45) is 0. The number of ketones is 1. The summed E-state index contributed by atoms with van der Waals surface area (Å²) in [5.74, 6) is -1.12. The molecule has 2 aromatic rings. The van der Waals surface area contributed by atoms with Gasteiger partial charge in [-0.1, -0.05) is 30.3 Å². The maximum absolute atomic E-state index is 12.0. The number of carbonyl (C=O) groups excluding carboxylic acids is 3. The fraction of sp³-hybridized carbons (Fsp3) is 0.167. The number of benzene rings is 2. The number of hydrogen-bond donors (Lipinski definition) is 0. The van der Waals surface area contributed by atoms with Gasteiger partial charge >= 0.3 is 5.97 Å². The highest BCUT2D eigenvalue weighted by Crippen LogP contribution is 2.12. The van der Waals surface area contributed by atoms with Crippen LogP contribution >= 0.6 is 0 Å². The summed E-state index contributed by atoms with van der Waals surface area (Å²) in [7, 11) is 1.61. The number of ether oxygens (including phenoxy) is 1. The van der Waals surface area contributed by atoms with Crippen LogP contribution in [0.2, 0.25) is 0 Å². The van der Waals surface area contributed by atoms with Gasteiger partial charge in [-0.05, 0) is 31.2 Å². The lowest BCUT2D eigenvalue weighted by Crippen LogP contribution is -2.31. The van der Waals surface area contributed by atoms with Crippen molar-refractivity contribution in [2.24, 2.45) is 0 Å². The Labute approximate surface area is 134 Å². The number of para-hydroxylation sites is 1. The van der Waals surface area contributed by atoms with Crippen LogP contribution in [-0.2, 0) is 9.53 Å². The van der Waals surface area contributed by atoms with Crippen LogP contribution in [0, 0.1) is 0 Å². The highest BCUT2D eigenvalue weighted by atomic mass is 16.5. The van der Waals surface area contributed by atoms with E-state index in [0.717, 1.165) is 0 Å². The van der Waals surface area contributed by atoms with Crippen LogP contribution in [0.1, 0.15) is 27.6 Å². The summed E-state index contributed by atoms with van der Waals surface area (Å²) >= 11 is 0. The van der Waals surface area contributed by atoms with Crippen molar-refractivity contribution in [3.8, 4) is 0 Å². The third kappa shape index (κ3) is 4.26. The molecule has 0 saturated heterocycles. The first kappa shape index (κ1) is 16.4. The number of anilines is 1. The van der Waals surface area contributed by atoms with Gasteiger partial charge < -0.3 is 9.64 Å². The van der Waals surface area contributed by atoms with E-state index in [0.29, 0.717) is 11.3 Å². The Morgan fingerprint density at radius 3 is 2.26 bits per heavy atom. The molecule has 5 nitrogen and oxygen atoms in total. The van der Waals surface area contributed by atoms with Crippen molar-refractivity contribution in [3.05, 3.63) is 65.7 Å². The second-order valence-corrected chi connectivity index (χ2v) is 5.00. The molecule has 0 saturated carbocycles. The molecule has 2 rings (SSSR count). The highest BCUT2D eigenvalue weighted by molar-refractivity contribution is 5.99. The minimum Gasteiger partial charge on any atom is -0.452 e. The van der Waals surface area contributed by atoms with Gasteiger partial charge in [0.1, 0.15) is 0 Å². The average Bonchev–Trinajstić information content (AvgIpc) is 2.59. The SMILES string of the molecule is CC(=O)c1cccc(C(=O)OCC(=O)N(C)c2ccccc2)c1. The van der Waals surface area contributed by atoms with Gasteiger partial charge in [-0.25, -0.2) is 4.79 Å². The molecule has 0 bridgehead atoms. The van der Waals surface area contributed by atoms with Crippen LogP contribution in [0.4, 0.5) is 5.69 Å². The van der Waals surface area contributed by atoms with E-state index in [2.05, 4.69) is 0 Å². The Bertz CT molecular complexity index is 725. The summed E-state index contributed by atoms with van der Waals surface area (Å²) in [4.78, 5) is 36.8. The van der Waals surface area contributed by atoms with E-state index in [1.54, 1.807) is 37.4 Å². The van der Waals surface area contributed by atoms with Crippen LogP contribution in [-0.4, -0.2) is 31.3 Å². The molecule has 0 aliphatic carbocycles. The third-order valence-corrected chi connectivity index (χ3v) is 3.35. The third-order valence-electron chi connectivity index (χ3n) is 3.35. The summed E-state index contributed by atoms with van der Waals surface area (Å²) in [6, 6.07) is 15.3. The Kier molecular flexibility index (Phi) is 5.25. The zero-order valence-electron chi connectivity index (χ0n) is 13.0. The molecule has 0 aromatic heterocycles. The summed E-state index contributed by atoms with van der Waals surface area (Å²) in [5.41, 5.74) is 1.38. The molecular formula is C18H17NO4. The van der Waals surface area contributed by atoms with E-state index in [-0.39, 0.29) is 23.9 Å². The van der Waals surface area contributed by atoms with E-state index in [1.165, 1.54) is 17.9 Å². The van der Waals surface area contributed by atoms with Crippen molar-refractivity contribution in [1.82, 2.24) is 0 Å². The second kappa shape index (κ2) is 7.35. The fourth-order valence-corrected chi connectivity index (χ4v) is 1.97. The average molecular weight is 311 g/mol. The van der Waals surface area contributed by atoms with Gasteiger partial charge in [-0.15, -0.1) is 0 Å². The van der Waals surface area contributed by atoms with Crippen molar-refractivity contribution in [1.29, 1.82) is 0 Å². The number of likely N-dealkylation sites (N-methyl/N-ethyl adjacent to an activating group) is 1. The van der Waals surface area contributed by atoms with Crippen LogP contribution in [0.25, 0.3) is 0 Å². The maximum Gasteiger partial charge on any atom is 0.338 e. The van der Waals surface area contributed by atoms with Gasteiger partial charge in [0.25, 0.3) is 5.91 Å². The van der Waals surface area contributed by atoms with Gasteiger partial charge in [0, 0.05) is 18.3 Å². The summed E-state index contributed by atoms with van der Waals surface area (Å²) in [6.45, 7) is 1.05. The van der Waals surface area contributed by atoms with E-state index in [4.69, 9.17) is 4.74 Å². The Balaban J connectivity index is 1.97. The van der Waals surface area contributed by atoms with Crippen molar-refractivity contribution < 1.29 is 19.1 Å². The first-order valence-corrected chi connectivity index (χ1v) is 7.09. The van der Waals surface area contributed by atoms with Crippen LogP contribution in [0.5, 0.6) is 0 Å². The molecule has 0 radical (unpaired) electrons.